The highest BCUT2D eigenvalue weighted by atomic mass is 35.5. The van der Waals surface area contributed by atoms with Crippen LogP contribution < -0.4 is 0 Å². The molecule has 0 aliphatic carbocycles. The predicted molar refractivity (Wildman–Crippen MR) is 97.2 cm³/mol. The van der Waals surface area contributed by atoms with Crippen molar-refractivity contribution in [1.29, 1.82) is 0 Å². The Bertz CT molecular complexity index is 691. The summed E-state index contributed by atoms with van der Waals surface area (Å²) in [6.45, 7) is 0.714. The fourth-order valence-corrected chi connectivity index (χ4v) is 4.00. The van der Waals surface area contributed by atoms with Crippen molar-refractivity contribution < 1.29 is 4.79 Å². The fourth-order valence-electron chi connectivity index (χ4n) is 2.43. The molecule has 0 aromatic heterocycles. The van der Waals surface area contributed by atoms with Gasteiger partial charge >= 0.3 is 0 Å². The first kappa shape index (κ1) is 16.1. The van der Waals surface area contributed by atoms with Crippen molar-refractivity contribution >= 4 is 34.4 Å². The third kappa shape index (κ3) is 3.95. The molecule has 1 amide bonds. The SMILES string of the molecule is O=C(N=C1SCC(CCl)N1Cc1ccccc1)c1ccccc1. The Labute approximate surface area is 145 Å². The van der Waals surface area contributed by atoms with Gasteiger partial charge in [0.2, 0.25) is 0 Å². The highest BCUT2D eigenvalue weighted by Gasteiger charge is 2.30. The number of amides is 1. The van der Waals surface area contributed by atoms with E-state index in [1.54, 1.807) is 23.9 Å². The topological polar surface area (TPSA) is 32.7 Å². The Hall–Kier alpha value is -1.78. The molecule has 2 aromatic carbocycles. The fraction of sp³-hybridized carbons (Fsp3) is 0.222. The zero-order valence-electron chi connectivity index (χ0n) is 12.6. The minimum absolute atomic E-state index is 0.198. The summed E-state index contributed by atoms with van der Waals surface area (Å²) >= 11 is 7.69. The lowest BCUT2D eigenvalue weighted by Gasteiger charge is -2.24. The van der Waals surface area contributed by atoms with Gasteiger partial charge in [0, 0.05) is 23.7 Å². The Morgan fingerprint density at radius 1 is 1.13 bits per heavy atom. The molecule has 1 atom stereocenters. The number of thioether (sulfide) groups is 1. The largest absolute Gasteiger partial charge is 0.342 e. The van der Waals surface area contributed by atoms with Crippen LogP contribution in [-0.4, -0.2) is 33.6 Å². The van der Waals surface area contributed by atoms with Crippen molar-refractivity contribution in [3.8, 4) is 0 Å². The average molecular weight is 345 g/mol. The maximum absolute atomic E-state index is 12.3. The molecule has 3 rings (SSSR count). The number of benzene rings is 2. The van der Waals surface area contributed by atoms with Gasteiger partial charge in [-0.25, -0.2) is 0 Å². The first-order chi connectivity index (χ1) is 11.3. The van der Waals surface area contributed by atoms with Crippen molar-refractivity contribution in [2.45, 2.75) is 12.6 Å². The van der Waals surface area contributed by atoms with Crippen LogP contribution in [0.25, 0.3) is 0 Å². The van der Waals surface area contributed by atoms with Crippen molar-refractivity contribution in [2.24, 2.45) is 4.99 Å². The summed E-state index contributed by atoms with van der Waals surface area (Å²) in [6, 6.07) is 19.5. The van der Waals surface area contributed by atoms with Crippen LogP contribution in [0.15, 0.2) is 65.7 Å². The van der Waals surface area contributed by atoms with Gasteiger partial charge in [-0.1, -0.05) is 60.3 Å². The average Bonchev–Trinajstić information content (AvgIpc) is 2.98. The van der Waals surface area contributed by atoms with Gasteiger partial charge in [-0.05, 0) is 17.7 Å². The summed E-state index contributed by atoms with van der Waals surface area (Å²) in [6.07, 6.45) is 0. The Kier molecular flexibility index (Phi) is 5.36. The molecule has 1 unspecified atom stereocenters. The zero-order valence-corrected chi connectivity index (χ0v) is 14.1. The number of halogens is 1. The minimum atomic E-state index is -0.207. The molecule has 1 aliphatic rings. The number of amidine groups is 1. The molecule has 0 bridgehead atoms. The first-order valence-corrected chi connectivity index (χ1v) is 8.97. The number of aliphatic imine (C=N–C) groups is 1. The number of nitrogens with zero attached hydrogens (tertiary/aromatic N) is 2. The van der Waals surface area contributed by atoms with Gasteiger partial charge in [0.25, 0.3) is 5.91 Å². The van der Waals surface area contributed by atoms with E-state index in [9.17, 15) is 4.79 Å². The monoisotopic (exact) mass is 344 g/mol. The van der Waals surface area contributed by atoms with Crippen LogP contribution in [0.5, 0.6) is 0 Å². The smallest absolute Gasteiger partial charge is 0.279 e. The molecule has 118 valence electrons. The molecule has 1 heterocycles. The number of hydrogen-bond donors (Lipinski definition) is 0. The highest BCUT2D eigenvalue weighted by molar-refractivity contribution is 8.14. The van der Waals surface area contributed by atoms with Gasteiger partial charge < -0.3 is 4.90 Å². The number of alkyl halides is 1. The molecule has 3 nitrogen and oxygen atoms in total. The highest BCUT2D eigenvalue weighted by Crippen LogP contribution is 2.27. The zero-order chi connectivity index (χ0) is 16.1. The summed E-state index contributed by atoms with van der Waals surface area (Å²) in [5.74, 6) is 1.18. The lowest BCUT2D eigenvalue weighted by molar-refractivity contribution is 0.100. The third-order valence-electron chi connectivity index (χ3n) is 3.68. The molecule has 5 heteroatoms. The van der Waals surface area contributed by atoms with Crippen LogP contribution in [0.3, 0.4) is 0 Å². The van der Waals surface area contributed by atoms with E-state index < -0.39 is 0 Å². The van der Waals surface area contributed by atoms with Crippen LogP contribution in [0, 0.1) is 0 Å². The van der Waals surface area contributed by atoms with Crippen LogP contribution in [0.1, 0.15) is 15.9 Å². The molecule has 23 heavy (non-hydrogen) atoms. The molecule has 0 spiro atoms. The summed E-state index contributed by atoms with van der Waals surface area (Å²) in [7, 11) is 0. The van der Waals surface area contributed by atoms with E-state index in [1.165, 1.54) is 5.56 Å². The van der Waals surface area contributed by atoms with E-state index in [0.717, 1.165) is 10.9 Å². The quantitative estimate of drug-likeness (QED) is 0.785. The summed E-state index contributed by atoms with van der Waals surface area (Å²) in [5, 5.41) is 0.758. The van der Waals surface area contributed by atoms with Crippen molar-refractivity contribution in [3.63, 3.8) is 0 Å². The molecular formula is C18H17ClN2OS. The minimum Gasteiger partial charge on any atom is -0.342 e. The second kappa shape index (κ2) is 7.66. The molecular weight excluding hydrogens is 328 g/mol. The maximum atomic E-state index is 12.3. The summed E-state index contributed by atoms with van der Waals surface area (Å²) in [5.41, 5.74) is 1.79. The van der Waals surface area contributed by atoms with E-state index in [2.05, 4.69) is 22.0 Å². The molecule has 1 saturated heterocycles. The third-order valence-corrected chi connectivity index (χ3v) is 5.17. The number of hydrogen-bond acceptors (Lipinski definition) is 2. The Morgan fingerprint density at radius 2 is 1.78 bits per heavy atom. The predicted octanol–water partition coefficient (Wildman–Crippen LogP) is 4.04. The van der Waals surface area contributed by atoms with Gasteiger partial charge in [-0.2, -0.15) is 4.99 Å². The van der Waals surface area contributed by atoms with Crippen LogP contribution in [0.2, 0.25) is 0 Å². The van der Waals surface area contributed by atoms with Crippen LogP contribution in [0.4, 0.5) is 0 Å². The van der Waals surface area contributed by atoms with Gasteiger partial charge in [0.1, 0.15) is 0 Å². The maximum Gasteiger partial charge on any atom is 0.279 e. The van der Waals surface area contributed by atoms with E-state index in [1.807, 2.05) is 36.4 Å². The van der Waals surface area contributed by atoms with Gasteiger partial charge in [0.05, 0.1) is 6.04 Å². The summed E-state index contributed by atoms with van der Waals surface area (Å²) < 4.78 is 0. The van der Waals surface area contributed by atoms with Crippen molar-refractivity contribution in [3.05, 3.63) is 71.8 Å². The molecule has 1 fully saturated rings. The van der Waals surface area contributed by atoms with E-state index in [0.29, 0.717) is 18.0 Å². The normalized spacial score (nSPS) is 19.3. The Balaban J connectivity index is 1.82. The molecule has 0 N–H and O–H groups in total. The second-order valence-electron chi connectivity index (χ2n) is 5.30. The molecule has 2 aromatic rings. The van der Waals surface area contributed by atoms with Crippen molar-refractivity contribution in [1.82, 2.24) is 4.90 Å². The molecule has 0 saturated carbocycles. The van der Waals surface area contributed by atoms with Gasteiger partial charge in [0.15, 0.2) is 5.17 Å². The van der Waals surface area contributed by atoms with E-state index in [4.69, 9.17) is 11.6 Å². The second-order valence-corrected chi connectivity index (χ2v) is 6.59. The number of rotatable bonds is 4. The Morgan fingerprint density at radius 3 is 2.43 bits per heavy atom. The lowest BCUT2D eigenvalue weighted by atomic mass is 10.2. The van der Waals surface area contributed by atoms with Crippen LogP contribution in [-0.2, 0) is 6.54 Å². The standard InChI is InChI=1S/C18H17ClN2OS/c19-11-16-13-23-18(20-17(22)15-9-5-2-6-10-15)21(16)12-14-7-3-1-4-8-14/h1-10,16H,11-13H2. The number of carbonyl (C=O) groups is 1. The number of carbonyl (C=O) groups excluding carboxylic acids is 1. The lowest BCUT2D eigenvalue weighted by Crippen LogP contribution is -2.35. The molecule has 1 aliphatic heterocycles. The first-order valence-electron chi connectivity index (χ1n) is 7.45. The summed E-state index contributed by atoms with van der Waals surface area (Å²) in [4.78, 5) is 18.8. The van der Waals surface area contributed by atoms with E-state index >= 15 is 0 Å². The van der Waals surface area contributed by atoms with Gasteiger partial charge in [-0.3, -0.25) is 4.79 Å². The van der Waals surface area contributed by atoms with E-state index in [-0.39, 0.29) is 11.9 Å². The van der Waals surface area contributed by atoms with Crippen molar-refractivity contribution in [2.75, 3.05) is 11.6 Å². The molecule has 0 radical (unpaired) electrons. The van der Waals surface area contributed by atoms with Gasteiger partial charge in [-0.15, -0.1) is 11.6 Å². The van der Waals surface area contributed by atoms with Crippen LogP contribution >= 0.6 is 23.4 Å².